The first-order valence-corrected chi connectivity index (χ1v) is 7.42. The molecule has 0 atom stereocenters. The lowest BCUT2D eigenvalue weighted by molar-refractivity contribution is -0.519. The van der Waals surface area contributed by atoms with Gasteiger partial charge in [-0.25, -0.2) is 0 Å². The zero-order valence-corrected chi connectivity index (χ0v) is 11.6. The second-order valence-electron chi connectivity index (χ2n) is 4.04. The van der Waals surface area contributed by atoms with E-state index >= 15 is 0 Å². The lowest BCUT2D eigenvalue weighted by atomic mass is 10.2. The molecule has 1 aromatic rings. The fourth-order valence-corrected chi connectivity index (χ4v) is 1.51. The third-order valence-electron chi connectivity index (χ3n) is 2.14. The van der Waals surface area contributed by atoms with Crippen LogP contribution in [0.1, 0.15) is 31.7 Å². The summed E-state index contributed by atoms with van der Waals surface area (Å²) in [6.07, 6.45) is 6.74. The number of carbonyl (C=O) groups is 1. The normalized spacial score (nSPS) is 13.2. The van der Waals surface area contributed by atoms with Gasteiger partial charge in [-0.3, -0.25) is 4.79 Å². The van der Waals surface area contributed by atoms with E-state index in [2.05, 4.69) is 0 Å². The summed E-state index contributed by atoms with van der Waals surface area (Å²) in [7, 11) is -4.51. The molecule has 2 rings (SSSR count). The molecule has 0 unspecified atom stereocenters. The highest BCUT2D eigenvalue weighted by Crippen LogP contribution is 2.14. The fraction of sp³-hybridized carbons (Fsp3) is 0.500. The second-order valence-corrected chi connectivity index (χ2v) is 5.31. The topological polar surface area (TPSA) is 87.4 Å². The number of esters is 1. The van der Waals surface area contributed by atoms with Gasteiger partial charge < -0.3 is 9.29 Å². The zero-order valence-electron chi connectivity index (χ0n) is 10.7. The van der Waals surface area contributed by atoms with Crippen molar-refractivity contribution in [1.29, 1.82) is 0 Å². The maximum Gasteiger partial charge on any atom is 0.329 e. The molecule has 1 fully saturated rings. The first kappa shape index (κ1) is 15.6. The third kappa shape index (κ3) is 6.88. The van der Waals surface area contributed by atoms with Crippen LogP contribution in [0.3, 0.4) is 0 Å². The van der Waals surface area contributed by atoms with Crippen LogP contribution >= 0.6 is 0 Å². The van der Waals surface area contributed by atoms with Crippen LogP contribution in [0.5, 0.6) is 0 Å². The lowest BCUT2D eigenvalue weighted by Crippen LogP contribution is -2.41. The lowest BCUT2D eigenvalue weighted by Gasteiger charge is -2.02. The molecule has 0 radical (unpaired) electrons. The molecule has 0 aromatic carbocycles. The van der Waals surface area contributed by atoms with Crippen molar-refractivity contribution >= 4 is 16.3 Å². The molecule has 1 heterocycles. The first-order valence-electron chi connectivity index (χ1n) is 6.05. The molecule has 0 aliphatic heterocycles. The molecule has 1 saturated carbocycles. The second kappa shape index (κ2) is 7.20. The Kier molecular flexibility index (Phi) is 5.91. The molecule has 1 aromatic heterocycles. The Hall–Kier alpha value is -1.47. The minimum absolute atomic E-state index is 0.0492. The maximum atomic E-state index is 11.1. The molecular formula is C12H17NO5S. The van der Waals surface area contributed by atoms with Gasteiger partial charge in [0.05, 0.1) is 13.0 Å². The van der Waals surface area contributed by atoms with Crippen LogP contribution in [0.4, 0.5) is 0 Å². The molecule has 7 heteroatoms. The molecule has 19 heavy (non-hydrogen) atoms. The highest BCUT2D eigenvalue weighted by molar-refractivity contribution is 7.78. The standard InChI is InChI=1S/C9H11NO5S.C3H6/c1-2-15-9(11)7-8-3-5-10(6-4-8)16(12,13)14;1-2-3-1/h3-6H,2,7H2,1H3;1-3H2. The van der Waals surface area contributed by atoms with Gasteiger partial charge in [-0.05, 0) is 12.5 Å². The van der Waals surface area contributed by atoms with Crippen LogP contribution in [0.15, 0.2) is 24.5 Å². The predicted octanol–water partition coefficient (Wildman–Crippen LogP) is 0.558. The summed E-state index contributed by atoms with van der Waals surface area (Å²) in [6.45, 7) is 1.99. The molecule has 0 bridgehead atoms. The van der Waals surface area contributed by atoms with E-state index < -0.39 is 16.3 Å². The third-order valence-corrected chi connectivity index (χ3v) is 2.90. The predicted molar refractivity (Wildman–Crippen MR) is 65.9 cm³/mol. The van der Waals surface area contributed by atoms with Gasteiger partial charge in [-0.15, -0.1) is 3.97 Å². The molecule has 1 aliphatic rings. The minimum atomic E-state index is -4.51. The quantitative estimate of drug-likeness (QED) is 0.458. The molecule has 1 aliphatic carbocycles. The number of ether oxygens (including phenoxy) is 1. The van der Waals surface area contributed by atoms with Crippen molar-refractivity contribution in [3.05, 3.63) is 30.1 Å². The van der Waals surface area contributed by atoms with Crippen molar-refractivity contribution in [1.82, 2.24) is 0 Å². The molecule has 0 spiro atoms. The van der Waals surface area contributed by atoms with Gasteiger partial charge in [-0.1, -0.05) is 19.3 Å². The Morgan fingerprint density at radius 1 is 1.32 bits per heavy atom. The van der Waals surface area contributed by atoms with Crippen LogP contribution in [-0.2, 0) is 26.3 Å². The molecule has 6 nitrogen and oxygen atoms in total. The Balaban J connectivity index is 0.000000524. The average Bonchev–Trinajstić information content (AvgIpc) is 3.16. The van der Waals surface area contributed by atoms with Gasteiger partial charge in [-0.2, -0.15) is 8.42 Å². The van der Waals surface area contributed by atoms with E-state index in [0.717, 1.165) is 12.4 Å². The number of carbonyl (C=O) groups excluding carboxylic acids is 1. The molecule has 0 N–H and O–H groups in total. The van der Waals surface area contributed by atoms with E-state index in [9.17, 15) is 17.8 Å². The monoisotopic (exact) mass is 287 g/mol. The molecule has 106 valence electrons. The number of hydrogen-bond acceptors (Lipinski definition) is 5. The van der Waals surface area contributed by atoms with E-state index in [1.807, 2.05) is 0 Å². The van der Waals surface area contributed by atoms with E-state index in [-0.39, 0.29) is 6.42 Å². The first-order chi connectivity index (χ1) is 8.93. The van der Waals surface area contributed by atoms with Crippen LogP contribution in [0.25, 0.3) is 0 Å². The summed E-state index contributed by atoms with van der Waals surface area (Å²) in [5.74, 6) is -0.398. The number of nitrogens with zero attached hydrogens (tertiary/aromatic N) is 1. The summed E-state index contributed by atoms with van der Waals surface area (Å²) >= 11 is 0. The summed E-state index contributed by atoms with van der Waals surface area (Å²) in [4.78, 5) is 11.1. The van der Waals surface area contributed by atoms with Crippen molar-refractivity contribution in [3.8, 4) is 0 Å². The highest BCUT2D eigenvalue weighted by atomic mass is 32.2. The van der Waals surface area contributed by atoms with Gasteiger partial charge >= 0.3 is 16.3 Å². The Morgan fingerprint density at radius 3 is 2.21 bits per heavy atom. The van der Waals surface area contributed by atoms with Gasteiger partial charge in [0.1, 0.15) is 0 Å². The van der Waals surface area contributed by atoms with Crippen molar-refractivity contribution < 1.29 is 26.5 Å². The SMILES string of the molecule is C1CC1.CCOC(=O)Cc1cc[n+](S(=O)(=O)[O-])cc1. The molecule has 0 amide bonds. The van der Waals surface area contributed by atoms with Crippen molar-refractivity contribution in [3.63, 3.8) is 0 Å². The van der Waals surface area contributed by atoms with Gasteiger partial charge in [0.15, 0.2) is 12.4 Å². The Bertz CT molecular complexity index is 505. The molecular weight excluding hydrogens is 270 g/mol. The summed E-state index contributed by atoms with van der Waals surface area (Å²) < 4.78 is 37.0. The van der Waals surface area contributed by atoms with E-state index in [4.69, 9.17) is 4.74 Å². The number of hydrogen-bond donors (Lipinski definition) is 0. The average molecular weight is 287 g/mol. The van der Waals surface area contributed by atoms with Crippen molar-refractivity contribution in [2.45, 2.75) is 32.6 Å². The number of aromatic nitrogens is 1. The Labute approximate surface area is 112 Å². The van der Waals surface area contributed by atoms with E-state index in [0.29, 0.717) is 16.1 Å². The number of rotatable bonds is 4. The maximum absolute atomic E-state index is 11.1. The fourth-order valence-electron chi connectivity index (χ4n) is 1.09. The largest absolute Gasteiger partial charge is 0.693 e. The highest BCUT2D eigenvalue weighted by Gasteiger charge is 2.09. The van der Waals surface area contributed by atoms with Gasteiger partial charge in [0.25, 0.3) is 0 Å². The van der Waals surface area contributed by atoms with E-state index in [1.165, 1.54) is 31.4 Å². The van der Waals surface area contributed by atoms with Crippen LogP contribution in [0, 0.1) is 0 Å². The van der Waals surface area contributed by atoms with E-state index in [1.54, 1.807) is 6.92 Å². The van der Waals surface area contributed by atoms with Crippen molar-refractivity contribution in [2.24, 2.45) is 0 Å². The summed E-state index contributed by atoms with van der Waals surface area (Å²) in [5, 5.41) is 0. The Morgan fingerprint density at radius 2 is 1.84 bits per heavy atom. The van der Waals surface area contributed by atoms with Crippen LogP contribution in [-0.4, -0.2) is 25.5 Å². The minimum Gasteiger partial charge on any atom is -0.693 e. The summed E-state index contributed by atoms with van der Waals surface area (Å²) in [6, 6.07) is 2.76. The molecule has 0 saturated heterocycles. The number of pyridine rings is 1. The zero-order chi connectivity index (χ0) is 14.3. The summed E-state index contributed by atoms with van der Waals surface area (Å²) in [5.41, 5.74) is 0.582. The van der Waals surface area contributed by atoms with Crippen molar-refractivity contribution in [2.75, 3.05) is 6.61 Å². The van der Waals surface area contributed by atoms with Crippen LogP contribution in [0.2, 0.25) is 0 Å². The van der Waals surface area contributed by atoms with Crippen LogP contribution < -0.4 is 3.97 Å². The smallest absolute Gasteiger partial charge is 0.329 e. The van der Waals surface area contributed by atoms with Gasteiger partial charge in [0.2, 0.25) is 0 Å². The van der Waals surface area contributed by atoms with Gasteiger partial charge in [0, 0.05) is 12.1 Å².